The van der Waals surface area contributed by atoms with Crippen LogP contribution in [-0.4, -0.2) is 59.5 Å². The van der Waals surface area contributed by atoms with Crippen LogP contribution < -0.4 is 10.5 Å². The molecule has 4 rings (SSSR count). The van der Waals surface area contributed by atoms with Gasteiger partial charge >= 0.3 is 11.6 Å². The third-order valence-corrected chi connectivity index (χ3v) is 4.66. The summed E-state index contributed by atoms with van der Waals surface area (Å²) in [5, 5.41) is 0.602. The number of carbonyl (C=O) groups is 2. The second-order valence-corrected chi connectivity index (χ2v) is 6.48. The molecule has 148 valence electrons. The molecule has 1 aliphatic rings. The number of esters is 1. The molecule has 0 unspecified atom stereocenters. The number of fused-ring (bicyclic) bond motifs is 1. The lowest BCUT2D eigenvalue weighted by Crippen LogP contribution is -2.50. The SMILES string of the molecule is O=C(OCC(=O)N1CCN(c2ncccn2)CC1)c1cc2ccccc2oc1=O. The molecule has 1 aliphatic heterocycles. The molecule has 1 amide bonds. The molecule has 1 aromatic carbocycles. The van der Waals surface area contributed by atoms with E-state index in [9.17, 15) is 14.4 Å². The molecule has 3 heterocycles. The van der Waals surface area contributed by atoms with Gasteiger partial charge < -0.3 is 19.0 Å². The first-order valence-corrected chi connectivity index (χ1v) is 9.11. The zero-order valence-electron chi connectivity index (χ0n) is 15.5. The average molecular weight is 394 g/mol. The van der Waals surface area contributed by atoms with Gasteiger partial charge in [-0.1, -0.05) is 18.2 Å². The van der Waals surface area contributed by atoms with Crippen molar-refractivity contribution in [3.63, 3.8) is 0 Å². The minimum atomic E-state index is -0.880. The molecule has 1 fully saturated rings. The van der Waals surface area contributed by atoms with Gasteiger partial charge in [-0.05, 0) is 18.2 Å². The molecule has 0 atom stereocenters. The van der Waals surface area contributed by atoms with E-state index in [1.54, 1.807) is 47.6 Å². The molecular weight excluding hydrogens is 376 g/mol. The van der Waals surface area contributed by atoms with Crippen molar-refractivity contribution in [3.05, 3.63) is 64.8 Å². The van der Waals surface area contributed by atoms with Gasteiger partial charge in [0.25, 0.3) is 5.91 Å². The van der Waals surface area contributed by atoms with E-state index < -0.39 is 18.2 Å². The first-order valence-electron chi connectivity index (χ1n) is 9.11. The van der Waals surface area contributed by atoms with Gasteiger partial charge in [-0.3, -0.25) is 4.79 Å². The van der Waals surface area contributed by atoms with Crippen LogP contribution in [0.1, 0.15) is 10.4 Å². The van der Waals surface area contributed by atoms with Gasteiger partial charge in [-0.25, -0.2) is 19.6 Å². The number of hydrogen-bond acceptors (Lipinski definition) is 8. The number of nitrogens with zero attached hydrogens (tertiary/aromatic N) is 4. The summed E-state index contributed by atoms with van der Waals surface area (Å²) in [5.74, 6) is -0.583. The maximum absolute atomic E-state index is 12.4. The van der Waals surface area contributed by atoms with Crippen molar-refractivity contribution in [2.45, 2.75) is 0 Å². The van der Waals surface area contributed by atoms with Crippen molar-refractivity contribution in [2.24, 2.45) is 0 Å². The predicted octanol–water partition coefficient (Wildman–Crippen LogP) is 1.09. The van der Waals surface area contributed by atoms with Crippen LogP contribution >= 0.6 is 0 Å². The summed E-state index contributed by atoms with van der Waals surface area (Å²) in [6, 6.07) is 10.00. The van der Waals surface area contributed by atoms with Crippen molar-refractivity contribution in [2.75, 3.05) is 37.7 Å². The highest BCUT2D eigenvalue weighted by Crippen LogP contribution is 2.13. The molecule has 0 spiro atoms. The molecule has 0 N–H and O–H groups in total. The van der Waals surface area contributed by atoms with Crippen molar-refractivity contribution in [1.29, 1.82) is 0 Å². The van der Waals surface area contributed by atoms with E-state index in [4.69, 9.17) is 9.15 Å². The number of carbonyl (C=O) groups excluding carboxylic acids is 2. The minimum absolute atomic E-state index is 0.234. The molecule has 0 radical (unpaired) electrons. The van der Waals surface area contributed by atoms with Crippen LogP contribution in [0.3, 0.4) is 0 Å². The van der Waals surface area contributed by atoms with Crippen molar-refractivity contribution >= 4 is 28.8 Å². The maximum atomic E-state index is 12.4. The Labute approximate surface area is 165 Å². The van der Waals surface area contributed by atoms with Crippen LogP contribution in [0.4, 0.5) is 5.95 Å². The number of para-hydroxylation sites is 1. The molecular formula is C20H18N4O5. The Hall–Kier alpha value is -3.75. The molecule has 29 heavy (non-hydrogen) atoms. The lowest BCUT2D eigenvalue weighted by Gasteiger charge is -2.34. The molecule has 3 aromatic rings. The number of amides is 1. The number of rotatable bonds is 4. The molecule has 0 bridgehead atoms. The fourth-order valence-corrected chi connectivity index (χ4v) is 3.11. The summed E-state index contributed by atoms with van der Waals surface area (Å²) in [5.41, 5.74) is -0.648. The summed E-state index contributed by atoms with van der Waals surface area (Å²) in [4.78, 5) is 48.6. The van der Waals surface area contributed by atoms with Crippen molar-refractivity contribution in [1.82, 2.24) is 14.9 Å². The Bertz CT molecular complexity index is 1090. The third kappa shape index (κ3) is 4.08. The molecule has 2 aromatic heterocycles. The highest BCUT2D eigenvalue weighted by atomic mass is 16.5. The van der Waals surface area contributed by atoms with E-state index in [-0.39, 0.29) is 11.5 Å². The Morgan fingerprint density at radius 2 is 1.76 bits per heavy atom. The van der Waals surface area contributed by atoms with Gasteiger partial charge in [0, 0.05) is 44.0 Å². The number of ether oxygens (including phenoxy) is 1. The maximum Gasteiger partial charge on any atom is 0.351 e. The lowest BCUT2D eigenvalue weighted by molar-refractivity contribution is -0.134. The van der Waals surface area contributed by atoms with E-state index in [0.29, 0.717) is 43.1 Å². The van der Waals surface area contributed by atoms with Crippen molar-refractivity contribution < 1.29 is 18.7 Å². The largest absolute Gasteiger partial charge is 0.452 e. The zero-order chi connectivity index (χ0) is 20.2. The van der Waals surface area contributed by atoms with Gasteiger partial charge in [0.15, 0.2) is 6.61 Å². The number of piperazine rings is 1. The zero-order valence-corrected chi connectivity index (χ0v) is 15.5. The van der Waals surface area contributed by atoms with E-state index in [1.165, 1.54) is 6.07 Å². The summed E-state index contributed by atoms with van der Waals surface area (Å²) >= 11 is 0. The van der Waals surface area contributed by atoms with E-state index in [1.807, 2.05) is 4.90 Å². The van der Waals surface area contributed by atoms with Crippen LogP contribution in [0.15, 0.2) is 58.0 Å². The smallest absolute Gasteiger partial charge is 0.351 e. The first kappa shape index (κ1) is 18.6. The quantitative estimate of drug-likeness (QED) is 0.478. The Balaban J connectivity index is 1.34. The van der Waals surface area contributed by atoms with Crippen LogP contribution in [0.2, 0.25) is 0 Å². The normalized spacial score (nSPS) is 14.1. The van der Waals surface area contributed by atoms with Crippen LogP contribution in [0.5, 0.6) is 0 Å². The van der Waals surface area contributed by atoms with Gasteiger partial charge in [0.1, 0.15) is 11.1 Å². The predicted molar refractivity (Wildman–Crippen MR) is 104 cm³/mol. The second kappa shape index (κ2) is 8.09. The molecule has 9 nitrogen and oxygen atoms in total. The van der Waals surface area contributed by atoms with E-state index >= 15 is 0 Å². The minimum Gasteiger partial charge on any atom is -0.452 e. The molecule has 0 saturated carbocycles. The van der Waals surface area contributed by atoms with Gasteiger partial charge in [0.2, 0.25) is 5.95 Å². The average Bonchev–Trinajstić information content (AvgIpc) is 2.77. The summed E-state index contributed by atoms with van der Waals surface area (Å²) in [6.07, 6.45) is 3.34. The molecule has 0 aliphatic carbocycles. The number of benzene rings is 1. The number of anilines is 1. The topological polar surface area (TPSA) is 106 Å². The molecule has 9 heteroatoms. The van der Waals surface area contributed by atoms with Crippen LogP contribution in [0.25, 0.3) is 11.0 Å². The third-order valence-electron chi connectivity index (χ3n) is 4.66. The second-order valence-electron chi connectivity index (χ2n) is 6.48. The Kier molecular flexibility index (Phi) is 5.19. The number of aromatic nitrogens is 2. The Morgan fingerprint density at radius 3 is 2.52 bits per heavy atom. The highest BCUT2D eigenvalue weighted by molar-refractivity contribution is 5.94. The summed E-state index contributed by atoms with van der Waals surface area (Å²) in [6.45, 7) is 1.66. The fraction of sp³-hybridized carbons (Fsp3) is 0.250. The van der Waals surface area contributed by atoms with E-state index in [0.717, 1.165) is 0 Å². The standard InChI is InChI=1S/C20H18N4O5/c25-17(23-8-10-24(11-9-23)20-21-6-3-7-22-20)13-28-18(26)15-12-14-4-1-2-5-16(14)29-19(15)27/h1-7,12H,8-11,13H2. The van der Waals surface area contributed by atoms with Crippen LogP contribution in [0, 0.1) is 0 Å². The fourth-order valence-electron chi connectivity index (χ4n) is 3.11. The highest BCUT2D eigenvalue weighted by Gasteiger charge is 2.24. The monoisotopic (exact) mass is 394 g/mol. The van der Waals surface area contributed by atoms with Gasteiger partial charge in [-0.2, -0.15) is 0 Å². The van der Waals surface area contributed by atoms with Gasteiger partial charge in [-0.15, -0.1) is 0 Å². The van der Waals surface area contributed by atoms with Gasteiger partial charge in [0.05, 0.1) is 0 Å². The summed E-state index contributed by atoms with van der Waals surface area (Å²) < 4.78 is 10.2. The van der Waals surface area contributed by atoms with Crippen molar-refractivity contribution in [3.8, 4) is 0 Å². The van der Waals surface area contributed by atoms with Crippen LogP contribution in [-0.2, 0) is 9.53 Å². The summed E-state index contributed by atoms with van der Waals surface area (Å²) in [7, 11) is 0. The first-order chi connectivity index (χ1) is 14.1. The molecule has 1 saturated heterocycles. The number of hydrogen-bond donors (Lipinski definition) is 0. The lowest BCUT2D eigenvalue weighted by atomic mass is 10.2. The Morgan fingerprint density at radius 1 is 1.03 bits per heavy atom. The van der Waals surface area contributed by atoms with E-state index in [2.05, 4.69) is 9.97 Å².